The predicted octanol–water partition coefficient (Wildman–Crippen LogP) is 3.70. The summed E-state index contributed by atoms with van der Waals surface area (Å²) >= 11 is 1.99. The second-order valence-corrected chi connectivity index (χ2v) is 6.36. The minimum atomic E-state index is 0.272. The van der Waals surface area contributed by atoms with Crippen LogP contribution in [-0.4, -0.2) is 17.0 Å². The molecule has 0 aromatic heterocycles. The summed E-state index contributed by atoms with van der Waals surface area (Å²) in [6, 6.07) is 6.75. The van der Waals surface area contributed by atoms with Crippen LogP contribution in [-0.2, 0) is 6.42 Å². The third-order valence-electron chi connectivity index (χ3n) is 3.28. The van der Waals surface area contributed by atoms with Crippen molar-refractivity contribution in [2.75, 3.05) is 5.75 Å². The fraction of sp³-hybridized carbons (Fsp3) is 0.600. The van der Waals surface area contributed by atoms with Crippen LogP contribution in [0.3, 0.4) is 0 Å². The van der Waals surface area contributed by atoms with Gasteiger partial charge >= 0.3 is 0 Å². The van der Waals surface area contributed by atoms with Gasteiger partial charge in [0.25, 0.3) is 0 Å². The van der Waals surface area contributed by atoms with Crippen molar-refractivity contribution < 1.29 is 0 Å². The Labute approximate surface area is 110 Å². The Hall–Kier alpha value is -0.470. The first-order valence-electron chi connectivity index (χ1n) is 6.46. The van der Waals surface area contributed by atoms with Gasteiger partial charge < -0.3 is 5.73 Å². The van der Waals surface area contributed by atoms with E-state index < -0.39 is 0 Å². The fourth-order valence-electron chi connectivity index (χ4n) is 1.90. The minimum Gasteiger partial charge on any atom is -0.327 e. The molecule has 0 heterocycles. The van der Waals surface area contributed by atoms with E-state index in [1.54, 1.807) is 0 Å². The molecule has 0 aliphatic carbocycles. The van der Waals surface area contributed by atoms with Crippen LogP contribution in [0.5, 0.6) is 0 Å². The van der Waals surface area contributed by atoms with Crippen LogP contribution in [0.15, 0.2) is 18.2 Å². The standard InChI is InChI=1S/C15H25NS/c1-5-13(4)17-10-14(16)9-15-11(2)7-6-8-12(15)3/h6-8,13-14H,5,9-10,16H2,1-4H3. The van der Waals surface area contributed by atoms with E-state index in [1.165, 1.54) is 23.1 Å². The summed E-state index contributed by atoms with van der Waals surface area (Å²) in [4.78, 5) is 0. The average Bonchev–Trinajstić information content (AvgIpc) is 2.31. The first-order valence-corrected chi connectivity index (χ1v) is 7.51. The van der Waals surface area contributed by atoms with Gasteiger partial charge in [-0.2, -0.15) is 11.8 Å². The molecule has 1 nitrogen and oxygen atoms in total. The van der Waals surface area contributed by atoms with Crippen molar-refractivity contribution in [3.63, 3.8) is 0 Å². The van der Waals surface area contributed by atoms with Gasteiger partial charge in [0.1, 0.15) is 0 Å². The lowest BCUT2D eigenvalue weighted by Gasteiger charge is -2.17. The largest absolute Gasteiger partial charge is 0.327 e. The van der Waals surface area contributed by atoms with E-state index in [0.717, 1.165) is 17.4 Å². The molecule has 1 aromatic carbocycles. The van der Waals surface area contributed by atoms with Crippen LogP contribution in [0.2, 0.25) is 0 Å². The van der Waals surface area contributed by atoms with Crippen LogP contribution in [0.1, 0.15) is 37.0 Å². The van der Waals surface area contributed by atoms with E-state index in [9.17, 15) is 0 Å². The molecule has 0 amide bonds. The number of hydrogen-bond donors (Lipinski definition) is 1. The summed E-state index contributed by atoms with van der Waals surface area (Å²) in [6.07, 6.45) is 2.22. The molecular weight excluding hydrogens is 226 g/mol. The maximum atomic E-state index is 6.23. The van der Waals surface area contributed by atoms with Gasteiger partial charge in [0.05, 0.1) is 0 Å². The highest BCUT2D eigenvalue weighted by atomic mass is 32.2. The summed E-state index contributed by atoms with van der Waals surface area (Å²) in [6.45, 7) is 8.86. The van der Waals surface area contributed by atoms with Gasteiger partial charge in [-0.3, -0.25) is 0 Å². The van der Waals surface area contributed by atoms with E-state index in [0.29, 0.717) is 0 Å². The molecule has 0 saturated carbocycles. The summed E-state index contributed by atoms with van der Waals surface area (Å²) in [5.41, 5.74) is 10.4. The third-order valence-corrected chi connectivity index (χ3v) is 4.80. The summed E-state index contributed by atoms with van der Waals surface area (Å²) in [5.74, 6) is 1.06. The van der Waals surface area contributed by atoms with E-state index >= 15 is 0 Å². The predicted molar refractivity (Wildman–Crippen MR) is 79.8 cm³/mol. The molecule has 1 rings (SSSR count). The topological polar surface area (TPSA) is 26.0 Å². The van der Waals surface area contributed by atoms with Gasteiger partial charge in [0.2, 0.25) is 0 Å². The molecular formula is C15H25NS. The molecule has 96 valence electrons. The average molecular weight is 251 g/mol. The molecule has 2 heteroatoms. The molecule has 0 aliphatic heterocycles. The maximum absolute atomic E-state index is 6.23. The zero-order valence-electron chi connectivity index (χ0n) is 11.5. The van der Waals surface area contributed by atoms with E-state index in [4.69, 9.17) is 5.73 Å². The third kappa shape index (κ3) is 4.72. The molecule has 0 aliphatic rings. The van der Waals surface area contributed by atoms with Crippen LogP contribution >= 0.6 is 11.8 Å². The highest BCUT2D eigenvalue weighted by Gasteiger charge is 2.10. The molecule has 17 heavy (non-hydrogen) atoms. The number of hydrogen-bond acceptors (Lipinski definition) is 2. The van der Waals surface area contributed by atoms with Gasteiger partial charge in [0, 0.05) is 17.0 Å². The first kappa shape index (κ1) is 14.6. The van der Waals surface area contributed by atoms with Crippen LogP contribution in [0.4, 0.5) is 0 Å². The highest BCUT2D eigenvalue weighted by molar-refractivity contribution is 7.99. The lowest BCUT2D eigenvalue weighted by molar-refractivity contribution is 0.738. The number of thioether (sulfide) groups is 1. The van der Waals surface area contributed by atoms with Crippen molar-refractivity contribution in [1.29, 1.82) is 0 Å². The Bertz CT molecular complexity index is 329. The molecule has 0 radical (unpaired) electrons. The van der Waals surface area contributed by atoms with Crippen molar-refractivity contribution in [3.05, 3.63) is 34.9 Å². The lowest BCUT2D eigenvalue weighted by Crippen LogP contribution is -2.27. The monoisotopic (exact) mass is 251 g/mol. The fourth-order valence-corrected chi connectivity index (χ4v) is 2.83. The molecule has 2 unspecified atom stereocenters. The molecule has 2 N–H and O–H groups in total. The molecule has 1 aromatic rings. The van der Waals surface area contributed by atoms with E-state index in [2.05, 4.69) is 45.9 Å². The van der Waals surface area contributed by atoms with Gasteiger partial charge in [-0.1, -0.05) is 32.0 Å². The smallest absolute Gasteiger partial charge is 0.0171 e. The second kappa shape index (κ2) is 7.07. The zero-order chi connectivity index (χ0) is 12.8. The lowest BCUT2D eigenvalue weighted by atomic mass is 9.97. The van der Waals surface area contributed by atoms with Crippen molar-refractivity contribution >= 4 is 11.8 Å². The summed E-state index contributed by atoms with van der Waals surface area (Å²) in [5, 5.41) is 0.721. The van der Waals surface area contributed by atoms with Gasteiger partial charge in [-0.15, -0.1) is 0 Å². The number of rotatable bonds is 6. The number of nitrogens with two attached hydrogens (primary N) is 1. The van der Waals surface area contributed by atoms with Crippen molar-refractivity contribution in [1.82, 2.24) is 0 Å². The van der Waals surface area contributed by atoms with E-state index in [-0.39, 0.29) is 6.04 Å². The Morgan fingerprint density at radius 2 is 1.82 bits per heavy atom. The summed E-state index contributed by atoms with van der Waals surface area (Å²) < 4.78 is 0. The SMILES string of the molecule is CCC(C)SCC(N)Cc1c(C)cccc1C. The Kier molecular flexibility index (Phi) is 6.07. The van der Waals surface area contributed by atoms with Crippen LogP contribution in [0.25, 0.3) is 0 Å². The normalized spacial score (nSPS) is 14.6. The zero-order valence-corrected chi connectivity index (χ0v) is 12.3. The van der Waals surface area contributed by atoms with Crippen LogP contribution in [0, 0.1) is 13.8 Å². The minimum absolute atomic E-state index is 0.272. The summed E-state index contributed by atoms with van der Waals surface area (Å²) in [7, 11) is 0. The van der Waals surface area contributed by atoms with Gasteiger partial charge in [-0.05, 0) is 43.4 Å². The molecule has 0 fully saturated rings. The van der Waals surface area contributed by atoms with Gasteiger partial charge in [-0.25, -0.2) is 0 Å². The second-order valence-electron chi connectivity index (χ2n) is 4.89. The number of aryl methyl sites for hydroxylation is 2. The first-order chi connectivity index (χ1) is 8.04. The van der Waals surface area contributed by atoms with Crippen molar-refractivity contribution in [2.24, 2.45) is 5.73 Å². The van der Waals surface area contributed by atoms with E-state index in [1.807, 2.05) is 11.8 Å². The Morgan fingerprint density at radius 3 is 2.35 bits per heavy atom. The molecule has 0 bridgehead atoms. The molecule has 0 spiro atoms. The van der Waals surface area contributed by atoms with Crippen molar-refractivity contribution in [3.8, 4) is 0 Å². The number of benzene rings is 1. The maximum Gasteiger partial charge on any atom is 0.0171 e. The quantitative estimate of drug-likeness (QED) is 0.834. The van der Waals surface area contributed by atoms with Gasteiger partial charge in [0.15, 0.2) is 0 Å². The Balaban J connectivity index is 2.53. The highest BCUT2D eigenvalue weighted by Crippen LogP contribution is 2.19. The van der Waals surface area contributed by atoms with Crippen LogP contribution < -0.4 is 5.73 Å². The Morgan fingerprint density at radius 1 is 1.24 bits per heavy atom. The molecule has 2 atom stereocenters. The molecule has 0 saturated heterocycles. The van der Waals surface area contributed by atoms with Crippen molar-refractivity contribution in [2.45, 2.75) is 51.8 Å².